The van der Waals surface area contributed by atoms with E-state index in [9.17, 15) is 0 Å². The average Bonchev–Trinajstić information content (AvgIpc) is 2.99. The van der Waals surface area contributed by atoms with Gasteiger partial charge in [0.15, 0.2) is 0 Å². The zero-order chi connectivity index (χ0) is 16.0. The first-order valence-corrected chi connectivity index (χ1v) is 8.06. The molecule has 1 aromatic rings. The van der Waals surface area contributed by atoms with Gasteiger partial charge in [0.2, 0.25) is 0 Å². The van der Waals surface area contributed by atoms with Crippen LogP contribution < -0.4 is 10.2 Å². The molecule has 2 aliphatic heterocycles. The van der Waals surface area contributed by atoms with Crippen molar-refractivity contribution in [2.24, 2.45) is 0 Å². The maximum Gasteiger partial charge on any atom is 0.494 e. The lowest BCUT2D eigenvalue weighted by atomic mass is 9.79. The van der Waals surface area contributed by atoms with Crippen molar-refractivity contribution in [1.29, 1.82) is 0 Å². The summed E-state index contributed by atoms with van der Waals surface area (Å²) in [5.41, 5.74) is 0.180. The van der Waals surface area contributed by atoms with Crippen LogP contribution in [-0.4, -0.2) is 37.6 Å². The van der Waals surface area contributed by atoms with E-state index in [4.69, 9.17) is 30.4 Å². The summed E-state index contributed by atoms with van der Waals surface area (Å²) in [4.78, 5) is 0. The van der Waals surface area contributed by atoms with Gasteiger partial charge in [0.1, 0.15) is 11.9 Å². The maximum absolute atomic E-state index is 6.35. The molecule has 0 aromatic heterocycles. The third kappa shape index (κ3) is 3.00. The number of ether oxygens (including phenoxy) is 2. The van der Waals surface area contributed by atoms with Crippen LogP contribution in [0.15, 0.2) is 18.2 Å². The Bertz CT molecular complexity index is 539. The molecule has 0 saturated carbocycles. The molecular formula is C16H22BClO4. The Morgan fingerprint density at radius 1 is 1.18 bits per heavy atom. The molecule has 0 spiro atoms. The SMILES string of the molecule is CC1(C)OB(c2ccc(O[C@H]3CCOC3)c(Cl)c2)OC1(C)C. The first kappa shape index (κ1) is 16.1. The Morgan fingerprint density at radius 2 is 1.86 bits per heavy atom. The van der Waals surface area contributed by atoms with Crippen molar-refractivity contribution in [2.75, 3.05) is 13.2 Å². The number of hydrogen-bond acceptors (Lipinski definition) is 4. The molecule has 2 aliphatic rings. The van der Waals surface area contributed by atoms with Gasteiger partial charge < -0.3 is 18.8 Å². The van der Waals surface area contributed by atoms with Gasteiger partial charge in [-0.3, -0.25) is 0 Å². The molecule has 22 heavy (non-hydrogen) atoms. The molecule has 6 heteroatoms. The third-order valence-electron chi connectivity index (χ3n) is 4.66. The van der Waals surface area contributed by atoms with Crippen LogP contribution in [0.4, 0.5) is 0 Å². The lowest BCUT2D eigenvalue weighted by Crippen LogP contribution is -2.41. The number of rotatable bonds is 3. The summed E-state index contributed by atoms with van der Waals surface area (Å²) in [6, 6.07) is 5.68. The molecule has 2 saturated heterocycles. The quantitative estimate of drug-likeness (QED) is 0.801. The Hall–Kier alpha value is -0.745. The molecule has 0 aliphatic carbocycles. The molecule has 120 valence electrons. The summed E-state index contributed by atoms with van der Waals surface area (Å²) >= 11 is 6.35. The van der Waals surface area contributed by atoms with Crippen molar-refractivity contribution < 1.29 is 18.8 Å². The highest BCUT2D eigenvalue weighted by molar-refractivity contribution is 6.62. The fourth-order valence-electron chi connectivity index (χ4n) is 2.52. The molecule has 3 rings (SSSR count). The zero-order valence-electron chi connectivity index (χ0n) is 13.5. The van der Waals surface area contributed by atoms with Gasteiger partial charge in [-0.15, -0.1) is 0 Å². The van der Waals surface area contributed by atoms with Crippen LogP contribution in [0.5, 0.6) is 5.75 Å². The molecule has 1 atom stereocenters. The normalized spacial score (nSPS) is 26.4. The minimum atomic E-state index is -0.411. The van der Waals surface area contributed by atoms with Crippen LogP contribution in [0.25, 0.3) is 0 Å². The molecule has 0 amide bonds. The van der Waals surface area contributed by atoms with Gasteiger partial charge in [0, 0.05) is 6.42 Å². The van der Waals surface area contributed by atoms with E-state index < -0.39 is 7.12 Å². The smallest absolute Gasteiger partial charge is 0.486 e. The van der Waals surface area contributed by atoms with Gasteiger partial charge in [-0.2, -0.15) is 0 Å². The van der Waals surface area contributed by atoms with Crippen LogP contribution in [0.1, 0.15) is 34.1 Å². The Balaban J connectivity index is 1.75. The zero-order valence-corrected chi connectivity index (χ0v) is 14.3. The molecule has 0 N–H and O–H groups in total. The maximum atomic E-state index is 6.35. The number of hydrogen-bond donors (Lipinski definition) is 0. The van der Waals surface area contributed by atoms with Crippen LogP contribution >= 0.6 is 11.6 Å². The second-order valence-electron chi connectivity index (χ2n) is 6.88. The van der Waals surface area contributed by atoms with Crippen LogP contribution in [0, 0.1) is 0 Å². The van der Waals surface area contributed by atoms with Crippen molar-refractivity contribution in [1.82, 2.24) is 0 Å². The molecule has 0 bridgehead atoms. The summed E-state index contributed by atoms with van der Waals surface area (Å²) in [5.74, 6) is 0.678. The van der Waals surface area contributed by atoms with Gasteiger partial charge >= 0.3 is 7.12 Å². The third-order valence-corrected chi connectivity index (χ3v) is 4.96. The molecule has 0 radical (unpaired) electrons. The minimum absolute atomic E-state index is 0.0835. The highest BCUT2D eigenvalue weighted by Gasteiger charge is 2.51. The summed E-state index contributed by atoms with van der Waals surface area (Å²) < 4.78 is 23.3. The van der Waals surface area contributed by atoms with Gasteiger partial charge in [0.05, 0.1) is 29.4 Å². The largest absolute Gasteiger partial charge is 0.494 e. The molecule has 2 heterocycles. The standard InChI is InChI=1S/C16H22BClO4/c1-15(2)16(3,4)22-17(21-15)11-5-6-14(13(18)9-11)20-12-7-8-19-10-12/h5-6,9,12H,7-8,10H2,1-4H3/t12-/m0/s1. The predicted octanol–water partition coefficient (Wildman–Crippen LogP) is 2.81. The molecule has 4 nitrogen and oxygen atoms in total. The lowest BCUT2D eigenvalue weighted by Gasteiger charge is -2.32. The Kier molecular flexibility index (Phi) is 4.19. The first-order valence-electron chi connectivity index (χ1n) is 7.68. The summed E-state index contributed by atoms with van der Waals surface area (Å²) in [6.07, 6.45) is 0.982. The number of benzene rings is 1. The Labute approximate surface area is 137 Å². The highest BCUT2D eigenvalue weighted by atomic mass is 35.5. The van der Waals surface area contributed by atoms with Crippen molar-refractivity contribution in [3.63, 3.8) is 0 Å². The van der Waals surface area contributed by atoms with E-state index in [1.54, 1.807) is 0 Å². The van der Waals surface area contributed by atoms with Crippen molar-refractivity contribution in [3.05, 3.63) is 23.2 Å². The van der Waals surface area contributed by atoms with Crippen LogP contribution in [0.3, 0.4) is 0 Å². The fourth-order valence-corrected chi connectivity index (χ4v) is 2.76. The van der Waals surface area contributed by atoms with Gasteiger partial charge in [-0.25, -0.2) is 0 Å². The predicted molar refractivity (Wildman–Crippen MR) is 87.0 cm³/mol. The van der Waals surface area contributed by atoms with E-state index >= 15 is 0 Å². The van der Waals surface area contributed by atoms with Gasteiger partial charge in [-0.05, 0) is 45.3 Å². The fraction of sp³-hybridized carbons (Fsp3) is 0.625. The van der Waals surface area contributed by atoms with Crippen molar-refractivity contribution in [3.8, 4) is 5.75 Å². The minimum Gasteiger partial charge on any atom is -0.486 e. The van der Waals surface area contributed by atoms with Crippen molar-refractivity contribution in [2.45, 2.75) is 51.4 Å². The van der Waals surface area contributed by atoms with E-state index in [2.05, 4.69) is 0 Å². The van der Waals surface area contributed by atoms with Gasteiger partial charge in [-0.1, -0.05) is 17.7 Å². The van der Waals surface area contributed by atoms with Crippen LogP contribution in [0.2, 0.25) is 5.02 Å². The van der Waals surface area contributed by atoms with Gasteiger partial charge in [0.25, 0.3) is 0 Å². The van der Waals surface area contributed by atoms with E-state index in [1.165, 1.54) is 0 Å². The second-order valence-corrected chi connectivity index (χ2v) is 7.29. The Morgan fingerprint density at radius 3 is 2.41 bits per heavy atom. The average molecular weight is 325 g/mol. The summed E-state index contributed by atoms with van der Waals surface area (Å²) in [6.45, 7) is 9.50. The molecule has 1 aromatic carbocycles. The van der Waals surface area contributed by atoms with Crippen molar-refractivity contribution >= 4 is 24.2 Å². The first-order chi connectivity index (χ1) is 10.3. The molecular weight excluding hydrogens is 302 g/mol. The lowest BCUT2D eigenvalue weighted by molar-refractivity contribution is 0.00578. The molecule has 2 fully saturated rings. The second kappa shape index (κ2) is 5.71. The highest BCUT2D eigenvalue weighted by Crippen LogP contribution is 2.37. The monoisotopic (exact) mass is 324 g/mol. The summed E-state index contributed by atoms with van der Waals surface area (Å²) in [5, 5.41) is 0.569. The van der Waals surface area contributed by atoms with E-state index in [0.717, 1.165) is 18.5 Å². The summed E-state index contributed by atoms with van der Waals surface area (Å²) in [7, 11) is -0.411. The topological polar surface area (TPSA) is 36.9 Å². The van der Waals surface area contributed by atoms with E-state index in [1.807, 2.05) is 45.9 Å². The van der Waals surface area contributed by atoms with E-state index in [0.29, 0.717) is 17.4 Å². The van der Waals surface area contributed by atoms with E-state index in [-0.39, 0.29) is 17.3 Å². The molecule has 0 unspecified atom stereocenters. The van der Waals surface area contributed by atoms with Crippen LogP contribution in [-0.2, 0) is 14.0 Å². The number of halogens is 1.